The lowest BCUT2D eigenvalue weighted by atomic mass is 9.81. The molecule has 1 fully saturated rings. The van der Waals surface area contributed by atoms with Gasteiger partial charge >= 0.3 is 0 Å². The summed E-state index contributed by atoms with van der Waals surface area (Å²) in [6.45, 7) is 6.90. The van der Waals surface area contributed by atoms with Gasteiger partial charge in [-0.3, -0.25) is 0 Å². The van der Waals surface area contributed by atoms with E-state index < -0.39 is 0 Å². The van der Waals surface area contributed by atoms with Crippen LogP contribution in [0.1, 0.15) is 32.3 Å². The van der Waals surface area contributed by atoms with Crippen LogP contribution in [0.2, 0.25) is 0 Å². The van der Waals surface area contributed by atoms with Crippen LogP contribution >= 0.6 is 11.8 Å². The van der Waals surface area contributed by atoms with Crippen LogP contribution in [0.15, 0.2) is 30.3 Å². The van der Waals surface area contributed by atoms with Crippen LogP contribution in [0.3, 0.4) is 0 Å². The summed E-state index contributed by atoms with van der Waals surface area (Å²) in [6, 6.07) is 12.4. The van der Waals surface area contributed by atoms with Crippen molar-refractivity contribution in [3.8, 4) is 0 Å². The minimum atomic E-state index is 0.172. The normalized spacial score (nSPS) is 19.5. The van der Waals surface area contributed by atoms with Gasteiger partial charge in [0.25, 0.3) is 0 Å². The molecule has 2 atom stereocenters. The lowest BCUT2D eigenvalue weighted by Crippen LogP contribution is -2.47. The van der Waals surface area contributed by atoms with Crippen molar-refractivity contribution in [2.75, 3.05) is 32.1 Å². The van der Waals surface area contributed by atoms with Gasteiger partial charge in [0.15, 0.2) is 0 Å². The first-order valence-corrected chi connectivity index (χ1v) is 9.42. The van der Waals surface area contributed by atoms with E-state index in [1.165, 1.54) is 24.2 Å². The van der Waals surface area contributed by atoms with E-state index in [9.17, 15) is 0 Å². The molecule has 0 spiro atoms. The van der Waals surface area contributed by atoms with Gasteiger partial charge in [-0.05, 0) is 38.6 Å². The number of nitrogens with one attached hydrogen (secondary N) is 1. The number of likely N-dealkylation sites (N-methyl/N-ethyl adjacent to an activating group) is 1. The first-order chi connectivity index (χ1) is 10.0. The maximum atomic E-state index is 3.74. The number of rotatable bonds is 9. The molecule has 2 unspecified atom stereocenters. The van der Waals surface area contributed by atoms with Gasteiger partial charge in [0.05, 0.1) is 0 Å². The Labute approximate surface area is 134 Å². The largest absolute Gasteiger partial charge is 0.313 e. The van der Waals surface area contributed by atoms with Crippen molar-refractivity contribution >= 4 is 11.8 Å². The molecule has 0 bridgehead atoms. The van der Waals surface area contributed by atoms with Crippen molar-refractivity contribution in [2.24, 2.45) is 0 Å². The summed E-state index contributed by atoms with van der Waals surface area (Å²) >= 11 is 1.93. The molecule has 1 saturated carbocycles. The molecule has 1 aromatic rings. The average molecular weight is 307 g/mol. The van der Waals surface area contributed by atoms with E-state index in [1.54, 1.807) is 0 Å². The summed E-state index contributed by atoms with van der Waals surface area (Å²) in [6.07, 6.45) is 4.89. The SMILES string of the molecule is CSCC(C)N(C)CC(C)(CNC1CC1)c1ccccc1. The van der Waals surface area contributed by atoms with Crippen LogP contribution in [0, 0.1) is 0 Å². The average Bonchev–Trinajstić information content (AvgIpc) is 3.30. The van der Waals surface area contributed by atoms with Gasteiger partial charge in [-0.25, -0.2) is 0 Å². The van der Waals surface area contributed by atoms with Gasteiger partial charge < -0.3 is 10.2 Å². The Kier molecular flexibility index (Phi) is 6.15. The molecule has 1 N–H and O–H groups in total. The zero-order valence-corrected chi connectivity index (χ0v) is 14.7. The third-order valence-corrected chi connectivity index (χ3v) is 5.40. The highest BCUT2D eigenvalue weighted by Gasteiger charge is 2.32. The lowest BCUT2D eigenvalue weighted by molar-refractivity contribution is 0.212. The Hall–Kier alpha value is -0.510. The van der Waals surface area contributed by atoms with Gasteiger partial charge in [0, 0.05) is 36.3 Å². The molecule has 0 saturated heterocycles. The van der Waals surface area contributed by atoms with Crippen molar-refractivity contribution < 1.29 is 0 Å². The van der Waals surface area contributed by atoms with Crippen LogP contribution < -0.4 is 5.32 Å². The zero-order chi connectivity index (χ0) is 15.3. The monoisotopic (exact) mass is 306 g/mol. The number of thioether (sulfide) groups is 1. The Morgan fingerprint density at radius 1 is 1.33 bits per heavy atom. The lowest BCUT2D eigenvalue weighted by Gasteiger charge is -2.37. The summed E-state index contributed by atoms with van der Waals surface area (Å²) in [5.74, 6) is 1.19. The molecule has 0 amide bonds. The first-order valence-electron chi connectivity index (χ1n) is 8.03. The second kappa shape index (κ2) is 7.66. The molecule has 1 aromatic carbocycles. The molecular weight excluding hydrogens is 276 g/mol. The molecule has 0 aromatic heterocycles. The van der Waals surface area contributed by atoms with E-state index in [4.69, 9.17) is 0 Å². The summed E-state index contributed by atoms with van der Waals surface area (Å²) in [5, 5.41) is 3.74. The summed E-state index contributed by atoms with van der Waals surface area (Å²) in [4.78, 5) is 2.51. The minimum Gasteiger partial charge on any atom is -0.313 e. The topological polar surface area (TPSA) is 15.3 Å². The van der Waals surface area contributed by atoms with E-state index in [-0.39, 0.29) is 5.41 Å². The molecular formula is C18H30N2S. The van der Waals surface area contributed by atoms with Gasteiger partial charge in [-0.2, -0.15) is 11.8 Å². The van der Waals surface area contributed by atoms with E-state index in [0.717, 1.165) is 19.1 Å². The van der Waals surface area contributed by atoms with Crippen LogP contribution in [-0.2, 0) is 5.41 Å². The molecule has 0 radical (unpaired) electrons. The fourth-order valence-corrected chi connectivity index (χ4v) is 3.56. The van der Waals surface area contributed by atoms with Gasteiger partial charge in [0.2, 0.25) is 0 Å². The smallest absolute Gasteiger partial charge is 0.0177 e. The molecule has 2 rings (SSSR count). The number of hydrogen-bond acceptors (Lipinski definition) is 3. The molecule has 118 valence electrons. The fraction of sp³-hybridized carbons (Fsp3) is 0.667. The first kappa shape index (κ1) is 16.9. The third kappa shape index (κ3) is 5.01. The molecule has 0 aliphatic heterocycles. The van der Waals surface area contributed by atoms with Crippen molar-refractivity contribution in [3.63, 3.8) is 0 Å². The van der Waals surface area contributed by atoms with Gasteiger partial charge in [0.1, 0.15) is 0 Å². The molecule has 2 nitrogen and oxygen atoms in total. The highest BCUT2D eigenvalue weighted by Crippen LogP contribution is 2.27. The standard InChI is InChI=1S/C18H30N2S/c1-15(12-21-4)20(3)14-18(2,13-19-17-10-11-17)16-8-6-5-7-9-16/h5-9,15,17,19H,10-14H2,1-4H3. The third-order valence-electron chi connectivity index (χ3n) is 4.59. The maximum absolute atomic E-state index is 3.74. The fourth-order valence-electron chi connectivity index (χ4n) is 2.82. The van der Waals surface area contributed by atoms with E-state index in [0.29, 0.717) is 6.04 Å². The van der Waals surface area contributed by atoms with E-state index in [2.05, 4.69) is 67.7 Å². The van der Waals surface area contributed by atoms with Crippen molar-refractivity contribution in [1.82, 2.24) is 10.2 Å². The van der Waals surface area contributed by atoms with E-state index >= 15 is 0 Å². The summed E-state index contributed by atoms with van der Waals surface area (Å²) in [5.41, 5.74) is 1.62. The number of hydrogen-bond donors (Lipinski definition) is 1. The van der Waals surface area contributed by atoms with Crippen LogP contribution in [-0.4, -0.2) is 49.1 Å². The van der Waals surface area contributed by atoms with Crippen molar-refractivity contribution in [2.45, 2.75) is 44.2 Å². The zero-order valence-electron chi connectivity index (χ0n) is 13.9. The Morgan fingerprint density at radius 2 is 2.00 bits per heavy atom. The molecule has 21 heavy (non-hydrogen) atoms. The molecule has 3 heteroatoms. The summed E-state index contributed by atoms with van der Waals surface area (Å²) in [7, 11) is 2.26. The summed E-state index contributed by atoms with van der Waals surface area (Å²) < 4.78 is 0. The Morgan fingerprint density at radius 3 is 2.57 bits per heavy atom. The second-order valence-corrected chi connectivity index (χ2v) is 7.71. The Bertz CT molecular complexity index is 418. The quantitative estimate of drug-likeness (QED) is 0.753. The van der Waals surface area contributed by atoms with E-state index in [1.807, 2.05) is 11.8 Å². The molecule has 1 aliphatic carbocycles. The molecule has 0 heterocycles. The van der Waals surface area contributed by atoms with Crippen LogP contribution in [0.5, 0.6) is 0 Å². The predicted molar refractivity (Wildman–Crippen MR) is 95.3 cm³/mol. The maximum Gasteiger partial charge on any atom is 0.0177 e. The van der Waals surface area contributed by atoms with Crippen molar-refractivity contribution in [1.29, 1.82) is 0 Å². The highest BCUT2D eigenvalue weighted by atomic mass is 32.2. The highest BCUT2D eigenvalue weighted by molar-refractivity contribution is 7.98. The predicted octanol–water partition coefficient (Wildman–Crippen LogP) is 3.38. The molecule has 1 aliphatic rings. The second-order valence-electron chi connectivity index (χ2n) is 6.80. The number of benzene rings is 1. The van der Waals surface area contributed by atoms with Crippen LogP contribution in [0.25, 0.3) is 0 Å². The van der Waals surface area contributed by atoms with Crippen molar-refractivity contribution in [3.05, 3.63) is 35.9 Å². The minimum absolute atomic E-state index is 0.172. The van der Waals surface area contributed by atoms with Gasteiger partial charge in [-0.1, -0.05) is 37.3 Å². The van der Waals surface area contributed by atoms with Crippen LogP contribution in [0.4, 0.5) is 0 Å². The number of nitrogens with zero attached hydrogens (tertiary/aromatic N) is 1. The van der Waals surface area contributed by atoms with Gasteiger partial charge in [-0.15, -0.1) is 0 Å². The Balaban J connectivity index is 2.07.